The van der Waals surface area contributed by atoms with Crippen LogP contribution in [0.3, 0.4) is 0 Å². The summed E-state index contributed by atoms with van der Waals surface area (Å²) in [4.78, 5) is 2.24. The average molecular weight is 270 g/mol. The first-order chi connectivity index (χ1) is 8.58. The van der Waals surface area contributed by atoms with E-state index >= 15 is 0 Å². The molecule has 0 aliphatic carbocycles. The quantitative estimate of drug-likeness (QED) is 0.887. The molecule has 2 unspecified atom stereocenters. The third-order valence-electron chi connectivity index (χ3n) is 3.64. The van der Waals surface area contributed by atoms with Gasteiger partial charge < -0.3 is 10.2 Å². The summed E-state index contributed by atoms with van der Waals surface area (Å²) in [7, 11) is 0. The number of hydrogen-bond donors (Lipinski definition) is 2. The molecular weight excluding hydrogens is 250 g/mol. The van der Waals surface area contributed by atoms with Crippen LogP contribution in [0.2, 0.25) is 5.02 Å². The second-order valence-electron chi connectivity index (χ2n) is 5.05. The molecule has 2 N–H and O–H groups in total. The summed E-state index contributed by atoms with van der Waals surface area (Å²) in [5, 5.41) is 20.3. The summed E-state index contributed by atoms with van der Waals surface area (Å²) in [6, 6.07) is 5.28. The highest BCUT2D eigenvalue weighted by molar-refractivity contribution is 6.30. The highest BCUT2D eigenvalue weighted by atomic mass is 35.5. The number of aliphatic hydroxyl groups excluding tert-OH is 1. The van der Waals surface area contributed by atoms with Crippen LogP contribution in [-0.4, -0.2) is 33.8 Å². The van der Waals surface area contributed by atoms with E-state index in [4.69, 9.17) is 11.6 Å². The number of aliphatic hydroxyl groups is 1. The van der Waals surface area contributed by atoms with E-state index < -0.39 is 0 Å². The van der Waals surface area contributed by atoms with Crippen LogP contribution in [0, 0.1) is 0 Å². The summed E-state index contributed by atoms with van der Waals surface area (Å²) in [6.45, 7) is 3.43. The Morgan fingerprint density at radius 3 is 2.94 bits per heavy atom. The van der Waals surface area contributed by atoms with Gasteiger partial charge in [-0.25, -0.2) is 0 Å². The van der Waals surface area contributed by atoms with E-state index in [-0.39, 0.29) is 17.9 Å². The van der Waals surface area contributed by atoms with Crippen molar-refractivity contribution in [2.75, 3.05) is 6.54 Å². The lowest BCUT2D eigenvalue weighted by Gasteiger charge is -2.37. The molecule has 1 saturated heterocycles. The van der Waals surface area contributed by atoms with Crippen LogP contribution in [-0.2, 0) is 6.54 Å². The van der Waals surface area contributed by atoms with Crippen molar-refractivity contribution in [1.29, 1.82) is 0 Å². The van der Waals surface area contributed by atoms with E-state index in [2.05, 4.69) is 4.90 Å². The lowest BCUT2D eigenvalue weighted by Crippen LogP contribution is -2.45. The summed E-state index contributed by atoms with van der Waals surface area (Å²) >= 11 is 5.95. The minimum absolute atomic E-state index is 0.178. The van der Waals surface area contributed by atoms with Gasteiger partial charge in [0.1, 0.15) is 5.75 Å². The van der Waals surface area contributed by atoms with Crippen LogP contribution in [0.1, 0.15) is 31.7 Å². The smallest absolute Gasteiger partial charge is 0.120 e. The van der Waals surface area contributed by atoms with E-state index in [1.165, 1.54) is 0 Å². The van der Waals surface area contributed by atoms with Gasteiger partial charge in [0.05, 0.1) is 6.10 Å². The molecule has 3 nitrogen and oxygen atoms in total. The molecular formula is C14H20ClNO2. The first-order valence-corrected chi connectivity index (χ1v) is 6.85. The summed E-state index contributed by atoms with van der Waals surface area (Å²) in [5.74, 6) is 0.273. The van der Waals surface area contributed by atoms with E-state index in [9.17, 15) is 10.2 Å². The number of benzene rings is 1. The first kappa shape index (κ1) is 13.7. The Kier molecular flexibility index (Phi) is 4.49. The third-order valence-corrected chi connectivity index (χ3v) is 3.87. The molecule has 4 heteroatoms. The molecule has 0 amide bonds. The molecule has 2 atom stereocenters. The maximum Gasteiger partial charge on any atom is 0.120 e. The second kappa shape index (κ2) is 5.91. The Labute approximate surface area is 113 Å². The molecule has 1 aliphatic rings. The van der Waals surface area contributed by atoms with Crippen LogP contribution in [0.5, 0.6) is 5.75 Å². The predicted molar refractivity (Wildman–Crippen MR) is 72.8 cm³/mol. The standard InChI is InChI=1S/C14H20ClNO2/c1-10(17)13-4-2-3-7-16(13)9-11-8-12(15)5-6-14(11)18/h5-6,8,10,13,17-18H,2-4,7,9H2,1H3. The number of halogens is 1. The fourth-order valence-electron chi connectivity index (χ4n) is 2.66. The van der Waals surface area contributed by atoms with Gasteiger partial charge in [-0.15, -0.1) is 0 Å². The highest BCUT2D eigenvalue weighted by Gasteiger charge is 2.26. The lowest BCUT2D eigenvalue weighted by molar-refractivity contribution is 0.0313. The number of hydrogen-bond acceptors (Lipinski definition) is 3. The Balaban J connectivity index is 2.13. The molecule has 1 heterocycles. The summed E-state index contributed by atoms with van der Waals surface area (Å²) < 4.78 is 0. The number of rotatable bonds is 3. The van der Waals surface area contributed by atoms with Gasteiger partial charge in [-0.2, -0.15) is 0 Å². The van der Waals surface area contributed by atoms with Gasteiger partial charge in [0, 0.05) is 23.2 Å². The largest absolute Gasteiger partial charge is 0.508 e. The van der Waals surface area contributed by atoms with Crippen molar-refractivity contribution in [2.24, 2.45) is 0 Å². The first-order valence-electron chi connectivity index (χ1n) is 6.47. The normalized spacial score (nSPS) is 22.9. The molecule has 100 valence electrons. The molecule has 0 bridgehead atoms. The number of aromatic hydroxyl groups is 1. The summed E-state index contributed by atoms with van der Waals surface area (Å²) in [6.07, 6.45) is 2.98. The Morgan fingerprint density at radius 2 is 2.22 bits per heavy atom. The Bertz CT molecular complexity index is 409. The van der Waals surface area contributed by atoms with Gasteiger partial charge >= 0.3 is 0 Å². The van der Waals surface area contributed by atoms with Crippen molar-refractivity contribution in [3.05, 3.63) is 28.8 Å². The van der Waals surface area contributed by atoms with Gasteiger partial charge in [-0.1, -0.05) is 18.0 Å². The van der Waals surface area contributed by atoms with E-state index in [0.29, 0.717) is 11.6 Å². The second-order valence-corrected chi connectivity index (χ2v) is 5.48. The van der Waals surface area contributed by atoms with Gasteiger partial charge in [0.15, 0.2) is 0 Å². The molecule has 18 heavy (non-hydrogen) atoms. The molecule has 1 aromatic rings. The zero-order valence-corrected chi connectivity index (χ0v) is 11.4. The average Bonchev–Trinajstić information content (AvgIpc) is 2.34. The van der Waals surface area contributed by atoms with Crippen LogP contribution in [0.15, 0.2) is 18.2 Å². The SMILES string of the molecule is CC(O)C1CCCCN1Cc1cc(Cl)ccc1O. The molecule has 0 saturated carbocycles. The van der Waals surface area contributed by atoms with Gasteiger partial charge in [0.25, 0.3) is 0 Å². The lowest BCUT2D eigenvalue weighted by atomic mass is 9.97. The number of nitrogens with zero attached hydrogens (tertiary/aromatic N) is 1. The predicted octanol–water partition coefficient (Wildman–Crippen LogP) is 2.78. The number of phenolic OH excluding ortho intramolecular Hbond substituents is 1. The third kappa shape index (κ3) is 3.16. The van der Waals surface area contributed by atoms with Crippen molar-refractivity contribution in [2.45, 2.75) is 44.9 Å². The van der Waals surface area contributed by atoms with Crippen molar-refractivity contribution < 1.29 is 10.2 Å². The van der Waals surface area contributed by atoms with Crippen molar-refractivity contribution in [3.8, 4) is 5.75 Å². The summed E-state index contributed by atoms with van der Waals surface area (Å²) in [5.41, 5.74) is 0.829. The van der Waals surface area contributed by atoms with Gasteiger partial charge in [0.2, 0.25) is 0 Å². The minimum Gasteiger partial charge on any atom is -0.508 e. The molecule has 1 aromatic carbocycles. The van der Waals surface area contributed by atoms with Crippen LogP contribution in [0.4, 0.5) is 0 Å². The van der Waals surface area contributed by atoms with Crippen molar-refractivity contribution in [3.63, 3.8) is 0 Å². The van der Waals surface area contributed by atoms with Gasteiger partial charge in [-0.3, -0.25) is 4.90 Å². The van der Waals surface area contributed by atoms with E-state index in [0.717, 1.165) is 31.4 Å². The highest BCUT2D eigenvalue weighted by Crippen LogP contribution is 2.27. The molecule has 1 aliphatic heterocycles. The van der Waals surface area contributed by atoms with Crippen LogP contribution < -0.4 is 0 Å². The maximum atomic E-state index is 9.84. The van der Waals surface area contributed by atoms with Crippen molar-refractivity contribution >= 4 is 11.6 Å². The Hall–Kier alpha value is -0.770. The fraction of sp³-hybridized carbons (Fsp3) is 0.571. The molecule has 0 aromatic heterocycles. The number of likely N-dealkylation sites (tertiary alicyclic amines) is 1. The Morgan fingerprint density at radius 1 is 1.44 bits per heavy atom. The zero-order valence-electron chi connectivity index (χ0n) is 10.6. The fourth-order valence-corrected chi connectivity index (χ4v) is 2.85. The monoisotopic (exact) mass is 269 g/mol. The van der Waals surface area contributed by atoms with Crippen LogP contribution >= 0.6 is 11.6 Å². The molecule has 1 fully saturated rings. The molecule has 0 radical (unpaired) electrons. The minimum atomic E-state index is -0.341. The van der Waals surface area contributed by atoms with Crippen molar-refractivity contribution in [1.82, 2.24) is 4.90 Å². The zero-order chi connectivity index (χ0) is 13.1. The van der Waals surface area contributed by atoms with Gasteiger partial charge in [-0.05, 0) is 44.5 Å². The van der Waals surface area contributed by atoms with Crippen LogP contribution in [0.25, 0.3) is 0 Å². The maximum absolute atomic E-state index is 9.84. The van der Waals surface area contributed by atoms with E-state index in [1.54, 1.807) is 18.2 Å². The molecule has 0 spiro atoms. The van der Waals surface area contributed by atoms with E-state index in [1.807, 2.05) is 6.92 Å². The molecule has 2 rings (SSSR count). The number of piperidine rings is 1. The topological polar surface area (TPSA) is 43.7 Å². The number of phenols is 1.